The number of nitrogens with two attached hydrogens (primary N) is 1. The highest BCUT2D eigenvalue weighted by atomic mass is 19.2. The van der Waals surface area contributed by atoms with E-state index in [2.05, 4.69) is 5.32 Å². The minimum absolute atomic E-state index is 0.162. The Morgan fingerprint density at radius 2 is 1.76 bits per heavy atom. The lowest BCUT2D eigenvalue weighted by Crippen LogP contribution is -2.13. The fraction of sp³-hybridized carbons (Fsp3) is 0.364. The predicted molar refractivity (Wildman–Crippen MR) is 57.9 cm³/mol. The van der Waals surface area contributed by atoms with Gasteiger partial charge in [-0.05, 0) is 19.4 Å². The molecule has 17 heavy (non-hydrogen) atoms. The van der Waals surface area contributed by atoms with Crippen molar-refractivity contribution in [2.75, 3.05) is 11.9 Å². The van der Waals surface area contributed by atoms with E-state index >= 15 is 0 Å². The number of rotatable bonds is 5. The van der Waals surface area contributed by atoms with E-state index in [1.54, 1.807) is 0 Å². The molecule has 0 bridgehead atoms. The zero-order valence-corrected chi connectivity index (χ0v) is 9.10. The number of carbonyl (C=O) groups is 1. The van der Waals surface area contributed by atoms with Crippen molar-refractivity contribution in [2.45, 2.75) is 19.3 Å². The van der Waals surface area contributed by atoms with Crippen LogP contribution in [0.5, 0.6) is 0 Å². The van der Waals surface area contributed by atoms with Gasteiger partial charge in [0.15, 0.2) is 11.6 Å². The van der Waals surface area contributed by atoms with Crippen LogP contribution in [-0.4, -0.2) is 12.5 Å². The van der Waals surface area contributed by atoms with Crippen molar-refractivity contribution in [1.29, 1.82) is 0 Å². The van der Waals surface area contributed by atoms with E-state index < -0.39 is 23.4 Å². The Morgan fingerprint density at radius 1 is 1.12 bits per heavy atom. The molecule has 0 aromatic heterocycles. The Hall–Kier alpha value is -1.56. The molecule has 0 spiro atoms. The first kappa shape index (κ1) is 13.5. The van der Waals surface area contributed by atoms with Gasteiger partial charge in [-0.1, -0.05) is 0 Å². The Labute approximate surface area is 96.8 Å². The maximum absolute atomic E-state index is 13.1. The second-order valence-electron chi connectivity index (χ2n) is 3.54. The van der Waals surface area contributed by atoms with Crippen LogP contribution in [0.3, 0.4) is 0 Å². The largest absolute Gasteiger partial charge is 0.330 e. The van der Waals surface area contributed by atoms with Gasteiger partial charge in [0.1, 0.15) is 5.82 Å². The highest BCUT2D eigenvalue weighted by molar-refractivity contribution is 5.90. The van der Waals surface area contributed by atoms with Crippen LogP contribution in [0.2, 0.25) is 0 Å². The lowest BCUT2D eigenvalue weighted by atomic mass is 10.2. The van der Waals surface area contributed by atoms with Crippen LogP contribution in [0, 0.1) is 17.5 Å². The van der Waals surface area contributed by atoms with E-state index in [4.69, 9.17) is 5.73 Å². The molecule has 0 aliphatic carbocycles. The topological polar surface area (TPSA) is 55.1 Å². The molecular weight excluding hydrogens is 233 g/mol. The second kappa shape index (κ2) is 6.24. The number of halogens is 3. The van der Waals surface area contributed by atoms with Gasteiger partial charge >= 0.3 is 0 Å². The van der Waals surface area contributed by atoms with Crippen molar-refractivity contribution < 1.29 is 18.0 Å². The summed E-state index contributed by atoms with van der Waals surface area (Å²) in [7, 11) is 0. The van der Waals surface area contributed by atoms with E-state index in [-0.39, 0.29) is 12.1 Å². The van der Waals surface area contributed by atoms with Crippen molar-refractivity contribution in [2.24, 2.45) is 5.73 Å². The molecule has 0 saturated heterocycles. The van der Waals surface area contributed by atoms with Gasteiger partial charge in [0.25, 0.3) is 0 Å². The first-order valence-corrected chi connectivity index (χ1v) is 5.19. The first-order valence-electron chi connectivity index (χ1n) is 5.19. The highest BCUT2D eigenvalue weighted by Gasteiger charge is 2.11. The lowest BCUT2D eigenvalue weighted by Gasteiger charge is -2.06. The smallest absolute Gasteiger partial charge is 0.224 e. The monoisotopic (exact) mass is 246 g/mol. The summed E-state index contributed by atoms with van der Waals surface area (Å²) in [4.78, 5) is 11.3. The molecule has 1 amide bonds. The second-order valence-corrected chi connectivity index (χ2v) is 3.54. The number of hydrogen-bond acceptors (Lipinski definition) is 2. The number of hydrogen-bond donors (Lipinski definition) is 2. The van der Waals surface area contributed by atoms with E-state index in [0.717, 1.165) is 0 Å². The zero-order valence-electron chi connectivity index (χ0n) is 9.10. The van der Waals surface area contributed by atoms with Gasteiger partial charge in [0.2, 0.25) is 5.91 Å². The molecule has 0 heterocycles. The summed E-state index contributed by atoms with van der Waals surface area (Å²) in [6.07, 6.45) is 1.40. The number of amides is 1. The summed E-state index contributed by atoms with van der Waals surface area (Å²) in [5, 5.41) is 2.18. The summed E-state index contributed by atoms with van der Waals surface area (Å²) >= 11 is 0. The van der Waals surface area contributed by atoms with Gasteiger partial charge < -0.3 is 11.1 Å². The molecule has 0 saturated carbocycles. The van der Waals surface area contributed by atoms with Crippen molar-refractivity contribution in [3.8, 4) is 0 Å². The molecular formula is C11H13F3N2O. The Kier molecular flexibility index (Phi) is 4.96. The van der Waals surface area contributed by atoms with Crippen molar-refractivity contribution in [3.63, 3.8) is 0 Å². The van der Waals surface area contributed by atoms with Crippen molar-refractivity contribution in [3.05, 3.63) is 29.6 Å². The zero-order chi connectivity index (χ0) is 12.8. The molecule has 3 nitrogen and oxygen atoms in total. The minimum Gasteiger partial charge on any atom is -0.330 e. The van der Waals surface area contributed by atoms with Crippen molar-refractivity contribution in [1.82, 2.24) is 0 Å². The van der Waals surface area contributed by atoms with Crippen LogP contribution in [0.25, 0.3) is 0 Å². The summed E-state index contributed by atoms with van der Waals surface area (Å²) < 4.78 is 38.5. The third-order valence-corrected chi connectivity index (χ3v) is 2.14. The van der Waals surface area contributed by atoms with Crippen LogP contribution in [0.1, 0.15) is 19.3 Å². The van der Waals surface area contributed by atoms with Crippen molar-refractivity contribution >= 4 is 11.6 Å². The molecule has 0 unspecified atom stereocenters. The quantitative estimate of drug-likeness (QED) is 0.618. The fourth-order valence-electron chi connectivity index (χ4n) is 1.26. The summed E-state index contributed by atoms with van der Waals surface area (Å²) in [6.45, 7) is 0.465. The van der Waals surface area contributed by atoms with Crippen LogP contribution in [0.4, 0.5) is 18.9 Å². The average molecular weight is 246 g/mol. The maximum atomic E-state index is 13.1. The Morgan fingerprint density at radius 3 is 2.41 bits per heavy atom. The third-order valence-electron chi connectivity index (χ3n) is 2.14. The molecule has 0 atom stereocenters. The van der Waals surface area contributed by atoms with Crippen LogP contribution >= 0.6 is 0 Å². The molecule has 94 valence electrons. The molecule has 0 aliphatic rings. The van der Waals surface area contributed by atoms with E-state index in [9.17, 15) is 18.0 Å². The Bertz CT molecular complexity index is 410. The van der Waals surface area contributed by atoms with Crippen LogP contribution in [-0.2, 0) is 4.79 Å². The number of benzene rings is 1. The molecule has 0 fully saturated rings. The highest BCUT2D eigenvalue weighted by Crippen LogP contribution is 2.18. The van der Waals surface area contributed by atoms with Crippen LogP contribution in [0.15, 0.2) is 12.1 Å². The third kappa shape index (κ3) is 4.07. The number of carbonyl (C=O) groups excluding carboxylic acids is 1. The minimum atomic E-state index is -1.29. The molecule has 0 radical (unpaired) electrons. The van der Waals surface area contributed by atoms with Gasteiger partial charge in [0, 0.05) is 18.6 Å². The molecule has 0 aliphatic heterocycles. The molecule has 6 heteroatoms. The number of unbranched alkanes of at least 4 members (excludes halogenated alkanes) is 1. The molecule has 1 aromatic carbocycles. The average Bonchev–Trinajstić information content (AvgIpc) is 2.26. The van der Waals surface area contributed by atoms with Gasteiger partial charge in [-0.25, -0.2) is 13.2 Å². The maximum Gasteiger partial charge on any atom is 0.224 e. The SMILES string of the molecule is NCCCCC(=O)Nc1cc(F)c(F)cc1F. The standard InChI is InChI=1S/C11H13F3N2O/c12-7-5-9(14)10(6-8(7)13)16-11(17)3-1-2-4-15/h5-6H,1-4,15H2,(H,16,17). The van der Waals surface area contributed by atoms with Crippen LogP contribution < -0.4 is 11.1 Å². The normalized spacial score (nSPS) is 10.4. The fourth-order valence-corrected chi connectivity index (χ4v) is 1.26. The van der Waals surface area contributed by atoms with E-state index in [1.807, 2.05) is 0 Å². The van der Waals surface area contributed by atoms with Gasteiger partial charge in [0.05, 0.1) is 5.69 Å². The molecule has 1 rings (SSSR count). The predicted octanol–water partition coefficient (Wildman–Crippen LogP) is 2.17. The molecule has 3 N–H and O–H groups in total. The lowest BCUT2D eigenvalue weighted by molar-refractivity contribution is -0.116. The van der Waals surface area contributed by atoms with E-state index in [1.165, 1.54) is 0 Å². The summed E-state index contributed by atoms with van der Waals surface area (Å²) in [5.41, 5.74) is 4.89. The number of nitrogens with one attached hydrogen (secondary N) is 1. The summed E-state index contributed by atoms with van der Waals surface area (Å²) in [6, 6.07) is 1.01. The van der Waals surface area contributed by atoms with Gasteiger partial charge in [-0.2, -0.15) is 0 Å². The van der Waals surface area contributed by atoms with Gasteiger partial charge in [-0.3, -0.25) is 4.79 Å². The van der Waals surface area contributed by atoms with E-state index in [0.29, 0.717) is 31.5 Å². The first-order chi connectivity index (χ1) is 8.04. The molecule has 1 aromatic rings. The summed E-state index contributed by atoms with van der Waals surface area (Å²) in [5.74, 6) is -3.95. The Balaban J connectivity index is 2.62. The number of anilines is 1. The van der Waals surface area contributed by atoms with Gasteiger partial charge in [-0.15, -0.1) is 0 Å².